The fourth-order valence-electron chi connectivity index (χ4n) is 3.15. The number of amides is 2. The third-order valence-corrected chi connectivity index (χ3v) is 4.58. The van der Waals surface area contributed by atoms with Crippen molar-refractivity contribution in [2.75, 3.05) is 6.54 Å². The number of likely N-dealkylation sites (tertiary alicyclic amines) is 1. The molecule has 3 heterocycles. The van der Waals surface area contributed by atoms with Gasteiger partial charge in [0, 0.05) is 25.2 Å². The largest absolute Gasteiger partial charge is 0.463 e. The van der Waals surface area contributed by atoms with E-state index in [1.54, 1.807) is 23.3 Å². The second kappa shape index (κ2) is 6.12. The van der Waals surface area contributed by atoms with Gasteiger partial charge < -0.3 is 19.6 Å². The number of hydrogen-bond donors (Lipinski definition) is 2. The van der Waals surface area contributed by atoms with Crippen molar-refractivity contribution in [3.8, 4) is 0 Å². The molecule has 2 aromatic heterocycles. The van der Waals surface area contributed by atoms with Crippen LogP contribution < -0.4 is 5.32 Å². The minimum Gasteiger partial charge on any atom is -0.463 e. The van der Waals surface area contributed by atoms with Crippen molar-refractivity contribution in [3.05, 3.63) is 59.5 Å². The first-order valence-corrected chi connectivity index (χ1v) is 8.31. The van der Waals surface area contributed by atoms with Gasteiger partial charge in [0.1, 0.15) is 11.7 Å². The topological polar surface area (TPSA) is 78.3 Å². The first-order chi connectivity index (χ1) is 12.1. The normalized spacial score (nSPS) is 17.4. The summed E-state index contributed by atoms with van der Waals surface area (Å²) in [7, 11) is 0. The van der Waals surface area contributed by atoms with Crippen LogP contribution >= 0.6 is 0 Å². The van der Waals surface area contributed by atoms with Crippen molar-refractivity contribution in [3.63, 3.8) is 0 Å². The minimum atomic E-state index is -0.479. The Morgan fingerprint density at radius 3 is 2.88 bits per heavy atom. The van der Waals surface area contributed by atoms with Gasteiger partial charge >= 0.3 is 0 Å². The van der Waals surface area contributed by atoms with Crippen molar-refractivity contribution in [1.82, 2.24) is 15.2 Å². The van der Waals surface area contributed by atoms with Crippen molar-refractivity contribution < 1.29 is 14.0 Å². The van der Waals surface area contributed by atoms with E-state index in [1.165, 1.54) is 5.56 Å². The summed E-state index contributed by atoms with van der Waals surface area (Å²) < 4.78 is 5.25. The number of carbonyl (C=O) groups excluding carboxylic acids is 2. The molecule has 0 spiro atoms. The molecule has 0 bridgehead atoms. The molecular formula is C19H19N3O3. The number of nitrogens with one attached hydrogen (secondary N) is 2. The number of benzene rings is 1. The Morgan fingerprint density at radius 1 is 1.32 bits per heavy atom. The zero-order valence-electron chi connectivity index (χ0n) is 13.9. The second-order valence-corrected chi connectivity index (χ2v) is 6.44. The summed E-state index contributed by atoms with van der Waals surface area (Å²) in [6.07, 6.45) is 2.18. The predicted octanol–water partition coefficient (Wildman–Crippen LogP) is 2.60. The molecule has 0 radical (unpaired) electrons. The Labute approximate surface area is 144 Å². The van der Waals surface area contributed by atoms with Gasteiger partial charge in [0.15, 0.2) is 5.58 Å². The zero-order chi connectivity index (χ0) is 17.4. The maximum absolute atomic E-state index is 12.5. The van der Waals surface area contributed by atoms with E-state index in [9.17, 15) is 9.59 Å². The van der Waals surface area contributed by atoms with Crippen LogP contribution in [0.1, 0.15) is 28.0 Å². The molecule has 4 rings (SSSR count). The first kappa shape index (κ1) is 15.5. The molecule has 128 valence electrons. The highest BCUT2D eigenvalue weighted by Crippen LogP contribution is 2.18. The lowest BCUT2D eigenvalue weighted by Gasteiger charge is -2.17. The van der Waals surface area contributed by atoms with E-state index in [4.69, 9.17) is 4.42 Å². The van der Waals surface area contributed by atoms with Crippen LogP contribution in [0.5, 0.6) is 0 Å². The number of hydrogen-bond acceptors (Lipinski definition) is 3. The lowest BCUT2D eigenvalue weighted by atomic mass is 10.1. The maximum Gasteiger partial charge on any atom is 0.268 e. The molecule has 1 unspecified atom stereocenters. The van der Waals surface area contributed by atoms with Gasteiger partial charge in [-0.05, 0) is 18.9 Å². The predicted molar refractivity (Wildman–Crippen MR) is 93.0 cm³/mol. The van der Waals surface area contributed by atoms with Crippen LogP contribution in [0.15, 0.2) is 47.1 Å². The first-order valence-electron chi connectivity index (χ1n) is 8.31. The van der Waals surface area contributed by atoms with Crippen LogP contribution in [-0.2, 0) is 11.3 Å². The van der Waals surface area contributed by atoms with E-state index in [2.05, 4.69) is 10.3 Å². The van der Waals surface area contributed by atoms with Crippen molar-refractivity contribution in [2.45, 2.75) is 25.9 Å². The second-order valence-electron chi connectivity index (χ2n) is 6.44. The number of rotatable bonds is 4. The highest BCUT2D eigenvalue weighted by Gasteiger charge is 2.33. The van der Waals surface area contributed by atoms with Gasteiger partial charge in [-0.2, -0.15) is 0 Å². The van der Waals surface area contributed by atoms with Gasteiger partial charge in [-0.1, -0.05) is 29.8 Å². The molecule has 6 nitrogen and oxygen atoms in total. The number of furan rings is 1. The molecule has 1 aliphatic rings. The molecule has 2 amide bonds. The number of nitrogens with zero attached hydrogens (tertiary/aromatic N) is 1. The quantitative estimate of drug-likeness (QED) is 0.768. The molecule has 1 atom stereocenters. The molecular weight excluding hydrogens is 318 g/mol. The number of carbonyl (C=O) groups is 2. The van der Waals surface area contributed by atoms with Crippen LogP contribution in [0.2, 0.25) is 0 Å². The van der Waals surface area contributed by atoms with Gasteiger partial charge in [0.25, 0.3) is 5.91 Å². The Morgan fingerprint density at radius 2 is 2.12 bits per heavy atom. The van der Waals surface area contributed by atoms with E-state index >= 15 is 0 Å². The molecule has 1 saturated heterocycles. The fraction of sp³-hybridized carbons (Fsp3) is 0.263. The molecule has 1 fully saturated rings. The average molecular weight is 337 g/mol. The molecule has 1 aromatic carbocycles. The van der Waals surface area contributed by atoms with Gasteiger partial charge in [-0.15, -0.1) is 0 Å². The van der Waals surface area contributed by atoms with Gasteiger partial charge in [-0.25, -0.2) is 0 Å². The van der Waals surface area contributed by atoms with Crippen molar-refractivity contribution in [1.29, 1.82) is 0 Å². The third-order valence-electron chi connectivity index (χ3n) is 4.58. The number of aryl methyl sites for hydroxylation is 1. The SMILES string of the molecule is Cc1ccc(CN2CCC(NC(=O)c3cc4occc4[nH]3)C2=O)cc1. The summed E-state index contributed by atoms with van der Waals surface area (Å²) in [5.74, 6) is -0.328. The Kier molecular flexibility index (Phi) is 3.80. The van der Waals surface area contributed by atoms with E-state index < -0.39 is 6.04 Å². The van der Waals surface area contributed by atoms with Gasteiger partial charge in [0.2, 0.25) is 5.91 Å². The Bertz CT molecular complexity index is 894. The molecule has 6 heteroatoms. The molecule has 3 aromatic rings. The minimum absolute atomic E-state index is 0.0378. The highest BCUT2D eigenvalue weighted by molar-refractivity contribution is 5.99. The summed E-state index contributed by atoms with van der Waals surface area (Å²) in [5.41, 5.74) is 4.08. The van der Waals surface area contributed by atoms with E-state index in [1.807, 2.05) is 31.2 Å². The number of aromatic amines is 1. The third kappa shape index (κ3) is 3.03. The molecule has 0 saturated carbocycles. The summed E-state index contributed by atoms with van der Waals surface area (Å²) >= 11 is 0. The summed E-state index contributed by atoms with van der Waals surface area (Å²) in [6.45, 7) is 3.25. The fourth-order valence-corrected chi connectivity index (χ4v) is 3.15. The smallest absolute Gasteiger partial charge is 0.268 e. The number of fused-ring (bicyclic) bond motifs is 1. The Balaban J connectivity index is 1.40. The summed E-state index contributed by atoms with van der Waals surface area (Å²) in [5, 5.41) is 2.82. The van der Waals surface area contributed by atoms with Gasteiger partial charge in [0.05, 0.1) is 11.8 Å². The van der Waals surface area contributed by atoms with Crippen molar-refractivity contribution >= 4 is 22.9 Å². The van der Waals surface area contributed by atoms with Crippen LogP contribution in [0, 0.1) is 6.92 Å². The number of aromatic nitrogens is 1. The summed E-state index contributed by atoms with van der Waals surface area (Å²) in [4.78, 5) is 29.7. The van der Waals surface area contributed by atoms with E-state index in [0.717, 1.165) is 11.1 Å². The van der Waals surface area contributed by atoms with Gasteiger partial charge in [-0.3, -0.25) is 9.59 Å². The molecule has 2 N–H and O–H groups in total. The van der Waals surface area contributed by atoms with Crippen molar-refractivity contribution in [2.24, 2.45) is 0 Å². The lowest BCUT2D eigenvalue weighted by molar-refractivity contribution is -0.129. The lowest BCUT2D eigenvalue weighted by Crippen LogP contribution is -2.41. The summed E-state index contributed by atoms with van der Waals surface area (Å²) in [6, 6.07) is 11.1. The highest BCUT2D eigenvalue weighted by atomic mass is 16.3. The van der Waals surface area contributed by atoms with Crippen LogP contribution in [0.25, 0.3) is 11.1 Å². The molecule has 0 aliphatic carbocycles. The number of H-pyrrole nitrogens is 1. The maximum atomic E-state index is 12.5. The average Bonchev–Trinajstić information content (AvgIpc) is 3.27. The molecule has 1 aliphatic heterocycles. The molecule has 25 heavy (non-hydrogen) atoms. The monoisotopic (exact) mass is 337 g/mol. The van der Waals surface area contributed by atoms with Crippen LogP contribution in [-0.4, -0.2) is 34.3 Å². The van der Waals surface area contributed by atoms with E-state index in [-0.39, 0.29) is 11.8 Å². The van der Waals surface area contributed by atoms with Crippen LogP contribution in [0.4, 0.5) is 0 Å². The Hall–Kier alpha value is -3.02. The van der Waals surface area contributed by atoms with E-state index in [0.29, 0.717) is 30.8 Å². The zero-order valence-corrected chi connectivity index (χ0v) is 13.9. The van der Waals surface area contributed by atoms with Crippen LogP contribution in [0.3, 0.4) is 0 Å². The standard InChI is InChI=1S/C19H19N3O3/c1-12-2-4-13(5-3-12)11-22-8-6-15(19(22)24)21-18(23)16-10-17-14(20-16)7-9-25-17/h2-5,7,9-10,15,20H,6,8,11H2,1H3,(H,21,23).